The van der Waals surface area contributed by atoms with Crippen molar-refractivity contribution in [2.24, 2.45) is 0 Å². The van der Waals surface area contributed by atoms with Crippen LogP contribution in [-0.2, 0) is 0 Å². The van der Waals surface area contributed by atoms with Crippen molar-refractivity contribution in [1.29, 1.82) is 0 Å². The normalized spacial score (nSPS) is 10.5. The van der Waals surface area contributed by atoms with E-state index in [0.717, 1.165) is 0 Å². The fourth-order valence-electron chi connectivity index (χ4n) is 1.33. The zero-order valence-electron chi connectivity index (χ0n) is 7.18. The van der Waals surface area contributed by atoms with Gasteiger partial charge in [0.25, 0.3) is 0 Å². The Kier molecular flexibility index (Phi) is 2.19. The van der Waals surface area contributed by atoms with Gasteiger partial charge in [-0.05, 0) is 18.2 Å². The van der Waals surface area contributed by atoms with Gasteiger partial charge in [0, 0.05) is 17.0 Å². The largest absolute Gasteiger partial charge is 0.491 e. The van der Waals surface area contributed by atoms with E-state index in [2.05, 4.69) is 4.98 Å². The molecule has 0 aliphatic carbocycles. The minimum Gasteiger partial charge on any atom is -0.423 e. The monoisotopic (exact) mass is 191 g/mol. The summed E-state index contributed by atoms with van der Waals surface area (Å²) in [6, 6.07) is 6.00. The Morgan fingerprint density at radius 3 is 2.71 bits per heavy atom. The van der Waals surface area contributed by atoms with Crippen LogP contribution in [0.1, 0.15) is 0 Å². The number of hydrogen-bond acceptors (Lipinski definition) is 3. The molecule has 0 atom stereocenters. The molecule has 2 rings (SSSR count). The lowest BCUT2D eigenvalue weighted by Gasteiger charge is -2.04. The molecule has 0 spiro atoms. The van der Waals surface area contributed by atoms with Crippen molar-refractivity contribution in [1.82, 2.24) is 4.98 Å². The predicted molar refractivity (Wildman–Crippen MR) is 51.5 cm³/mol. The van der Waals surface area contributed by atoms with Crippen LogP contribution >= 0.6 is 0 Å². The lowest BCUT2D eigenvalue weighted by molar-refractivity contribution is 0.423. The van der Waals surface area contributed by atoms with E-state index >= 15 is 0 Å². The topological polar surface area (TPSA) is 53.4 Å². The average molecular weight is 191 g/mol. The lowest BCUT2D eigenvalue weighted by Crippen LogP contribution is -2.32. The number of nitrogens with zero attached hydrogens (tertiary/aromatic N) is 1. The van der Waals surface area contributed by atoms with Crippen LogP contribution < -0.4 is 5.46 Å². The van der Waals surface area contributed by atoms with E-state index in [1.54, 1.807) is 24.4 Å². The molecule has 70 valence electrons. The summed E-state index contributed by atoms with van der Waals surface area (Å²) < 4.78 is 13.6. The molecule has 0 radical (unpaired) electrons. The first-order valence-corrected chi connectivity index (χ1v) is 4.09. The maximum Gasteiger partial charge on any atom is 0.491 e. The first kappa shape index (κ1) is 9.11. The molecule has 0 aliphatic heterocycles. The molecule has 3 nitrogen and oxygen atoms in total. The number of halogens is 1. The predicted octanol–water partition coefficient (Wildman–Crippen LogP) is 0.0537. The van der Waals surface area contributed by atoms with E-state index in [9.17, 15) is 4.39 Å². The molecule has 0 fully saturated rings. The molecule has 1 aromatic heterocycles. The molecule has 1 aromatic carbocycles. The van der Waals surface area contributed by atoms with Crippen molar-refractivity contribution < 1.29 is 14.4 Å². The molecule has 0 bridgehead atoms. The summed E-state index contributed by atoms with van der Waals surface area (Å²) in [6.45, 7) is 0. The molecule has 2 N–H and O–H groups in total. The molecule has 0 saturated carbocycles. The van der Waals surface area contributed by atoms with Gasteiger partial charge >= 0.3 is 7.12 Å². The molecule has 5 heteroatoms. The quantitative estimate of drug-likeness (QED) is 0.626. The van der Waals surface area contributed by atoms with Crippen LogP contribution in [0.2, 0.25) is 0 Å². The molecule has 2 aromatic rings. The van der Waals surface area contributed by atoms with Crippen LogP contribution in [0.3, 0.4) is 0 Å². The smallest absolute Gasteiger partial charge is 0.423 e. The lowest BCUT2D eigenvalue weighted by atomic mass is 9.79. The van der Waals surface area contributed by atoms with E-state index in [-0.39, 0.29) is 10.8 Å². The summed E-state index contributed by atoms with van der Waals surface area (Å²) in [5.41, 5.74) is 0.361. The number of rotatable bonds is 1. The van der Waals surface area contributed by atoms with Crippen molar-refractivity contribution in [2.75, 3.05) is 0 Å². The van der Waals surface area contributed by atoms with Gasteiger partial charge in [-0.25, -0.2) is 4.39 Å². The van der Waals surface area contributed by atoms with Crippen molar-refractivity contribution in [3.05, 3.63) is 36.3 Å². The zero-order chi connectivity index (χ0) is 10.1. The van der Waals surface area contributed by atoms with Crippen LogP contribution in [0.4, 0.5) is 4.39 Å². The van der Waals surface area contributed by atoms with E-state index in [4.69, 9.17) is 10.0 Å². The summed E-state index contributed by atoms with van der Waals surface area (Å²) in [7, 11) is -1.79. The van der Waals surface area contributed by atoms with Crippen LogP contribution in [-0.4, -0.2) is 22.2 Å². The maximum atomic E-state index is 13.6. The summed E-state index contributed by atoms with van der Waals surface area (Å²) in [6.07, 6.45) is 1.55. The van der Waals surface area contributed by atoms with Gasteiger partial charge in [0.15, 0.2) is 0 Å². The van der Waals surface area contributed by atoms with Gasteiger partial charge in [-0.2, -0.15) is 0 Å². The Morgan fingerprint density at radius 2 is 2.00 bits per heavy atom. The molecule has 1 heterocycles. The van der Waals surface area contributed by atoms with Crippen LogP contribution in [0.5, 0.6) is 0 Å². The van der Waals surface area contributed by atoms with E-state index < -0.39 is 12.9 Å². The van der Waals surface area contributed by atoms with Crippen LogP contribution in [0.25, 0.3) is 10.9 Å². The standard InChI is InChI=1S/C9H7BFNO2/c11-9-6-2-1-5-12-8(6)4-3-7(9)10(13)14/h1-5,13-14H. The van der Waals surface area contributed by atoms with Gasteiger partial charge in [-0.1, -0.05) is 6.07 Å². The summed E-state index contributed by atoms with van der Waals surface area (Å²) in [5, 5.41) is 18.0. The molecular formula is C9H7BFNO2. The Morgan fingerprint density at radius 1 is 1.21 bits per heavy atom. The van der Waals surface area contributed by atoms with Gasteiger partial charge in [-0.15, -0.1) is 0 Å². The fraction of sp³-hybridized carbons (Fsp3) is 0. The second kappa shape index (κ2) is 3.36. The van der Waals surface area contributed by atoms with Gasteiger partial charge in [0.05, 0.1) is 5.52 Å². The van der Waals surface area contributed by atoms with Gasteiger partial charge < -0.3 is 10.0 Å². The van der Waals surface area contributed by atoms with Crippen LogP contribution in [0, 0.1) is 5.82 Å². The average Bonchev–Trinajstić information content (AvgIpc) is 2.18. The van der Waals surface area contributed by atoms with Crippen molar-refractivity contribution in [3.63, 3.8) is 0 Å². The molecule has 0 aliphatic rings. The maximum absolute atomic E-state index is 13.6. The van der Waals surface area contributed by atoms with Crippen molar-refractivity contribution in [3.8, 4) is 0 Å². The third-order valence-corrected chi connectivity index (χ3v) is 2.03. The molecule has 0 unspecified atom stereocenters. The second-order valence-corrected chi connectivity index (χ2v) is 2.91. The Bertz CT molecular complexity index is 475. The number of fused-ring (bicyclic) bond motifs is 1. The molecular weight excluding hydrogens is 184 g/mol. The summed E-state index contributed by atoms with van der Waals surface area (Å²) >= 11 is 0. The van der Waals surface area contributed by atoms with E-state index in [1.165, 1.54) is 6.07 Å². The Hall–Kier alpha value is -1.46. The summed E-state index contributed by atoms with van der Waals surface area (Å²) in [4.78, 5) is 3.94. The van der Waals surface area contributed by atoms with Gasteiger partial charge in [0.1, 0.15) is 5.82 Å². The first-order chi connectivity index (χ1) is 6.70. The van der Waals surface area contributed by atoms with Gasteiger partial charge in [-0.3, -0.25) is 4.98 Å². The minimum absolute atomic E-state index is 0.134. The van der Waals surface area contributed by atoms with Gasteiger partial charge in [0.2, 0.25) is 0 Å². The van der Waals surface area contributed by atoms with Crippen molar-refractivity contribution in [2.45, 2.75) is 0 Å². The highest BCUT2D eigenvalue weighted by molar-refractivity contribution is 6.59. The van der Waals surface area contributed by atoms with Crippen molar-refractivity contribution >= 4 is 23.5 Å². The first-order valence-electron chi connectivity index (χ1n) is 4.09. The van der Waals surface area contributed by atoms with E-state index in [1.807, 2.05) is 0 Å². The Labute approximate surface area is 80.0 Å². The number of benzene rings is 1. The summed E-state index contributed by atoms with van der Waals surface area (Å²) in [5.74, 6) is -0.634. The number of aromatic nitrogens is 1. The third kappa shape index (κ3) is 1.36. The highest BCUT2D eigenvalue weighted by Gasteiger charge is 2.18. The fourth-order valence-corrected chi connectivity index (χ4v) is 1.33. The van der Waals surface area contributed by atoms with E-state index in [0.29, 0.717) is 5.52 Å². The third-order valence-electron chi connectivity index (χ3n) is 2.03. The molecule has 0 amide bonds. The zero-order valence-corrected chi connectivity index (χ0v) is 7.18. The minimum atomic E-state index is -1.79. The SMILES string of the molecule is OB(O)c1ccc2ncccc2c1F. The highest BCUT2D eigenvalue weighted by atomic mass is 19.1. The molecule has 14 heavy (non-hydrogen) atoms. The number of hydrogen-bond donors (Lipinski definition) is 2. The highest BCUT2D eigenvalue weighted by Crippen LogP contribution is 2.13. The number of pyridine rings is 1. The Balaban J connectivity index is 2.75. The van der Waals surface area contributed by atoms with Crippen LogP contribution in [0.15, 0.2) is 30.5 Å². The second-order valence-electron chi connectivity index (χ2n) is 2.91. The molecule has 0 saturated heterocycles.